The van der Waals surface area contributed by atoms with E-state index >= 15 is 0 Å². The molecule has 0 saturated heterocycles. The van der Waals surface area contributed by atoms with Gasteiger partial charge in [0.25, 0.3) is 41.4 Å². The molecule has 0 unspecified atom stereocenters. The van der Waals surface area contributed by atoms with Crippen LogP contribution >= 0.6 is 0 Å². The Morgan fingerprint density at radius 3 is 1.11 bits per heavy atom. The van der Waals surface area contributed by atoms with Crippen LogP contribution in [0.1, 0.15) is 113 Å². The Morgan fingerprint density at radius 1 is 0.318 bits per heavy atom. The molecule has 0 aliphatic rings. The maximum atomic E-state index is 13.3. The van der Waals surface area contributed by atoms with E-state index in [4.69, 9.17) is 33.2 Å². The molecule has 7 heterocycles. The van der Waals surface area contributed by atoms with Crippen molar-refractivity contribution < 1.29 is 85.9 Å². The average molecular weight is 1500 g/mol. The van der Waals surface area contributed by atoms with E-state index in [-0.39, 0.29) is 147 Å². The van der Waals surface area contributed by atoms with Crippen LogP contribution in [0.15, 0.2) is 67.8 Å². The Morgan fingerprint density at radius 2 is 0.673 bits per heavy atom. The van der Waals surface area contributed by atoms with Crippen molar-refractivity contribution in [1.82, 2.24) is 78.5 Å². The molecule has 0 atom stereocenters. The van der Waals surface area contributed by atoms with Crippen LogP contribution in [0.3, 0.4) is 0 Å². The summed E-state index contributed by atoms with van der Waals surface area (Å²) in [7, 11) is 11.2. The van der Waals surface area contributed by atoms with Gasteiger partial charge in [-0.15, -0.1) is 0 Å². The molecule has 0 aliphatic heterocycles. The number of carbonyl (C=O) groups is 11. The number of hydrogen-bond donors (Lipinski definition) is 11. The molecular formula is C67H94N22O18. The summed E-state index contributed by atoms with van der Waals surface area (Å²) >= 11 is 0. The van der Waals surface area contributed by atoms with Gasteiger partial charge < -0.3 is 124 Å². The number of rotatable bonds is 48. The van der Waals surface area contributed by atoms with Gasteiger partial charge in [0.15, 0.2) is 23.3 Å². The van der Waals surface area contributed by atoms with E-state index in [1.165, 1.54) is 82.8 Å². The Labute approximate surface area is 615 Å². The molecule has 11 amide bonds. The Hall–Kier alpha value is -11.4. The lowest BCUT2D eigenvalue weighted by Crippen LogP contribution is -2.33. The van der Waals surface area contributed by atoms with Crippen LogP contribution in [0.25, 0.3) is 0 Å². The Bertz CT molecular complexity index is 4160. The number of aromatic nitrogens is 11. The highest BCUT2D eigenvalue weighted by atomic mass is 16.6. The van der Waals surface area contributed by atoms with Gasteiger partial charge in [-0.3, -0.25) is 52.7 Å². The molecule has 7 aromatic heterocycles. The van der Waals surface area contributed by atoms with E-state index in [0.29, 0.717) is 91.6 Å². The molecule has 0 fully saturated rings. The zero-order chi connectivity index (χ0) is 77.2. The zero-order valence-corrected chi connectivity index (χ0v) is 61.1. The van der Waals surface area contributed by atoms with Crippen molar-refractivity contribution in [3.05, 3.63) is 108 Å². The smallest absolute Gasteiger partial charge is 0.291 e. The highest BCUT2D eigenvalue weighted by Crippen LogP contribution is 2.19. The number of anilines is 6. The normalized spacial score (nSPS) is 11.1. The maximum Gasteiger partial charge on any atom is 0.291 e. The van der Waals surface area contributed by atoms with Gasteiger partial charge in [-0.2, -0.15) is 0 Å². The van der Waals surface area contributed by atoms with Crippen molar-refractivity contribution in [2.75, 3.05) is 157 Å². The fraction of sp³-hybridized carbons (Fsp3) is 0.478. The summed E-state index contributed by atoms with van der Waals surface area (Å²) < 4.78 is 48.2. The Kier molecular flexibility index (Phi) is 33.4. The summed E-state index contributed by atoms with van der Waals surface area (Å²) in [5, 5.41) is 29.4. The summed E-state index contributed by atoms with van der Waals surface area (Å²) in [6.45, 7) is 8.55. The second-order valence-electron chi connectivity index (χ2n) is 23.8. The predicted octanol–water partition coefficient (Wildman–Crippen LogP) is 0.431. The molecule has 0 aromatic carbocycles. The summed E-state index contributed by atoms with van der Waals surface area (Å²) in [5.41, 5.74) is 1.52. The van der Waals surface area contributed by atoms with Gasteiger partial charge in [0, 0.05) is 164 Å². The largest absolute Gasteiger partial charge is 0.379 e. The van der Waals surface area contributed by atoms with Gasteiger partial charge in [-0.1, -0.05) is 0 Å². The van der Waals surface area contributed by atoms with Gasteiger partial charge in [0.2, 0.25) is 41.1 Å². The van der Waals surface area contributed by atoms with Crippen LogP contribution < -0.4 is 58.5 Å². The minimum Gasteiger partial charge on any atom is -0.379 e. The van der Waals surface area contributed by atoms with Crippen molar-refractivity contribution in [3.63, 3.8) is 0 Å². The van der Waals surface area contributed by atoms with Crippen LogP contribution in [-0.2, 0) is 102 Å². The van der Waals surface area contributed by atoms with E-state index < -0.39 is 59.1 Å². The van der Waals surface area contributed by atoms with Gasteiger partial charge in [0.05, 0.1) is 103 Å². The molecule has 0 spiro atoms. The van der Waals surface area contributed by atoms with Crippen LogP contribution in [0.2, 0.25) is 0 Å². The van der Waals surface area contributed by atoms with Crippen LogP contribution in [0.5, 0.6) is 0 Å². The summed E-state index contributed by atoms with van der Waals surface area (Å²) in [6, 6.07) is 4.38. The minimum absolute atomic E-state index is 0.00353. The standard InChI is InChI=1S/C67H94N22O18/c1-9-101-23-24-103-27-28-105-31-32-107-34-33-106-30-29-104-26-25-102-22-20-68-53(90)12-16-72-65(98)59-81-52(43-88(59)7)82-63(96)49-35-44(38-86(49)5)74-55(92)13-18-73-64(97)58-79-50(41-87(58)6)77-54(91)11-10-15-70-61(94)47-37-46(40-84(47)3)76-67(100)60-80-51(42-89(60)8)78-56(93)14-17-71-62(95)48-36-45(39-85(48)4)75-66(99)57-69-19-21-83(57)2/h19,21,35-43H,9-18,20,22-34H2,1-8H3,(H,68,90)(H,70,94)(H,71,95)(H,72,98)(H,73,97)(H,74,92)(H,75,99)(H,76,100)(H,77,91)(H,78,93)(H,82,96). The molecule has 0 aliphatic carbocycles. The number of amides is 11. The van der Waals surface area contributed by atoms with Gasteiger partial charge in [0.1, 0.15) is 17.1 Å². The molecule has 11 N–H and O–H groups in total. The number of ether oxygens (including phenoxy) is 7. The molecule has 7 rings (SSSR count). The lowest BCUT2D eigenvalue weighted by Gasteiger charge is -2.09. The summed E-state index contributed by atoms with van der Waals surface area (Å²) in [5.74, 6) is -5.25. The van der Waals surface area contributed by atoms with Crippen molar-refractivity contribution in [2.24, 2.45) is 49.3 Å². The molecule has 0 radical (unpaired) electrons. The third kappa shape index (κ3) is 27.5. The van der Waals surface area contributed by atoms with Gasteiger partial charge in [-0.05, 0) is 31.5 Å². The molecule has 7 aromatic rings. The fourth-order valence-electron chi connectivity index (χ4n) is 10.0. The molecule has 107 heavy (non-hydrogen) atoms. The van der Waals surface area contributed by atoms with E-state index in [9.17, 15) is 52.7 Å². The average Bonchev–Trinajstić information content (AvgIpc) is 1.71. The van der Waals surface area contributed by atoms with E-state index in [1.807, 2.05) is 6.92 Å². The van der Waals surface area contributed by atoms with E-state index in [2.05, 4.69) is 78.4 Å². The third-order valence-corrected chi connectivity index (χ3v) is 15.3. The SMILES string of the molecule is CCOCCOCCOCCOCCOCCOCCOCCNC(=O)CCNC(=O)c1nc(NC(=O)c2cc(NC(=O)CCNC(=O)c3nc(NC(=O)CCCNC(=O)c4cc(NC(=O)c5nc(NC(=O)CCNC(=O)c6cc(NC(=O)c7nccn7C)cn6C)cn5C)cn4C)cn3C)cn2C)cn1C. The second kappa shape index (κ2) is 43.1. The van der Waals surface area contributed by atoms with Gasteiger partial charge in [-0.25, -0.2) is 19.9 Å². The molecule has 40 heteroatoms. The summed E-state index contributed by atoms with van der Waals surface area (Å²) in [6.07, 6.45) is 12.0. The van der Waals surface area contributed by atoms with Crippen molar-refractivity contribution in [2.45, 2.75) is 39.0 Å². The third-order valence-electron chi connectivity index (χ3n) is 15.3. The number of imidazole rings is 4. The first-order valence-corrected chi connectivity index (χ1v) is 34.3. The highest BCUT2D eigenvalue weighted by Gasteiger charge is 2.23. The topological polar surface area (TPSA) is 471 Å². The molecule has 40 nitrogen and oxygen atoms in total. The van der Waals surface area contributed by atoms with E-state index in [1.54, 1.807) is 66.3 Å². The van der Waals surface area contributed by atoms with Crippen molar-refractivity contribution >= 4 is 99.5 Å². The zero-order valence-electron chi connectivity index (χ0n) is 61.1. The van der Waals surface area contributed by atoms with Crippen LogP contribution in [-0.4, -0.2) is 242 Å². The van der Waals surface area contributed by atoms with Crippen molar-refractivity contribution in [3.8, 4) is 0 Å². The van der Waals surface area contributed by atoms with Crippen LogP contribution in [0, 0.1) is 0 Å². The first-order valence-electron chi connectivity index (χ1n) is 34.3. The van der Waals surface area contributed by atoms with E-state index in [0.717, 1.165) is 0 Å². The predicted molar refractivity (Wildman–Crippen MR) is 386 cm³/mol. The summed E-state index contributed by atoms with van der Waals surface area (Å²) in [4.78, 5) is 159. The molecule has 0 bridgehead atoms. The molecule has 0 saturated carbocycles. The fourth-order valence-corrected chi connectivity index (χ4v) is 10.0. The first-order chi connectivity index (χ1) is 51.5. The molecular weight excluding hydrogens is 1400 g/mol. The number of nitrogens with one attached hydrogen (secondary N) is 11. The number of hydrogen-bond acceptors (Lipinski definition) is 22. The highest BCUT2D eigenvalue weighted by molar-refractivity contribution is 6.06. The monoisotopic (exact) mass is 1490 g/mol. The lowest BCUT2D eigenvalue weighted by atomic mass is 10.3. The van der Waals surface area contributed by atoms with Crippen molar-refractivity contribution in [1.29, 1.82) is 0 Å². The quantitative estimate of drug-likeness (QED) is 0.0230. The molecule has 580 valence electrons. The number of aryl methyl sites for hydroxylation is 7. The number of carbonyl (C=O) groups excluding carboxylic acids is 11. The number of nitrogens with zero attached hydrogens (tertiary/aromatic N) is 11. The lowest BCUT2D eigenvalue weighted by molar-refractivity contribution is -0.121. The minimum atomic E-state index is -0.638. The Balaban J connectivity index is 0.702. The maximum absolute atomic E-state index is 13.3. The van der Waals surface area contributed by atoms with Crippen LogP contribution in [0.4, 0.5) is 34.5 Å². The van der Waals surface area contributed by atoms with Gasteiger partial charge >= 0.3 is 0 Å². The second-order valence-corrected chi connectivity index (χ2v) is 23.8. The first kappa shape index (κ1) is 82.9.